The minimum atomic E-state index is -0.863. The topological polar surface area (TPSA) is 116 Å². The molecule has 8 heteroatoms. The van der Waals surface area contributed by atoms with Crippen molar-refractivity contribution in [3.05, 3.63) is 35.9 Å². The van der Waals surface area contributed by atoms with Gasteiger partial charge in [0.25, 0.3) is 0 Å². The smallest absolute Gasteiger partial charge is 0.407 e. The van der Waals surface area contributed by atoms with E-state index < -0.39 is 18.0 Å². The largest absolute Gasteiger partial charge is 0.481 e. The second-order valence-electron chi connectivity index (χ2n) is 5.82. The standard InChI is InChI=1S/C18H26N2O6/c21-16(22)8-4-11-20(12-5-9-17(23)24)13-10-19-18(25)26-14-15-6-2-1-3-7-15/h1-3,6-7H,4-5,8-14H2,(H,19,25)(H,21,22)(H,23,24). The number of amides is 1. The predicted octanol–water partition coefficient (Wildman–Crippen LogP) is 1.94. The number of rotatable bonds is 13. The molecule has 1 aromatic rings. The first kappa shape index (κ1) is 21.4. The Balaban J connectivity index is 2.27. The van der Waals surface area contributed by atoms with Gasteiger partial charge < -0.3 is 25.2 Å². The van der Waals surface area contributed by atoms with Crippen molar-refractivity contribution < 1.29 is 29.3 Å². The molecule has 0 atom stereocenters. The number of carbonyl (C=O) groups is 3. The van der Waals surface area contributed by atoms with Crippen LogP contribution in [0.15, 0.2) is 30.3 Å². The van der Waals surface area contributed by atoms with Gasteiger partial charge in [0.15, 0.2) is 0 Å². The summed E-state index contributed by atoms with van der Waals surface area (Å²) < 4.78 is 5.11. The fraction of sp³-hybridized carbons (Fsp3) is 0.500. The molecule has 8 nitrogen and oxygen atoms in total. The van der Waals surface area contributed by atoms with Crippen molar-refractivity contribution in [1.29, 1.82) is 0 Å². The van der Waals surface area contributed by atoms with Gasteiger partial charge in [-0.05, 0) is 31.5 Å². The van der Waals surface area contributed by atoms with Crippen molar-refractivity contribution in [2.75, 3.05) is 26.2 Å². The highest BCUT2D eigenvalue weighted by Crippen LogP contribution is 2.01. The van der Waals surface area contributed by atoms with Gasteiger partial charge in [-0.2, -0.15) is 0 Å². The van der Waals surface area contributed by atoms with Crippen molar-refractivity contribution >= 4 is 18.0 Å². The zero-order valence-electron chi connectivity index (χ0n) is 14.7. The molecule has 0 saturated carbocycles. The average Bonchev–Trinajstić information content (AvgIpc) is 2.60. The molecule has 3 N–H and O–H groups in total. The van der Waals surface area contributed by atoms with Crippen LogP contribution in [-0.4, -0.2) is 59.3 Å². The molecule has 0 saturated heterocycles. The van der Waals surface area contributed by atoms with Crippen LogP contribution in [0.2, 0.25) is 0 Å². The quantitative estimate of drug-likeness (QED) is 0.488. The summed E-state index contributed by atoms with van der Waals surface area (Å²) >= 11 is 0. The number of nitrogens with one attached hydrogen (secondary N) is 1. The summed E-state index contributed by atoms with van der Waals surface area (Å²) in [6.07, 6.45) is 0.538. The molecule has 0 spiro atoms. The van der Waals surface area contributed by atoms with E-state index >= 15 is 0 Å². The number of ether oxygens (including phenoxy) is 1. The van der Waals surface area contributed by atoms with Gasteiger partial charge in [0.1, 0.15) is 6.61 Å². The number of carboxylic acid groups (broad SMARTS) is 2. The maximum Gasteiger partial charge on any atom is 0.407 e. The van der Waals surface area contributed by atoms with Gasteiger partial charge in [-0.3, -0.25) is 9.59 Å². The van der Waals surface area contributed by atoms with Crippen LogP contribution in [0.25, 0.3) is 0 Å². The molecule has 0 fully saturated rings. The Labute approximate surface area is 152 Å². The number of carbonyl (C=O) groups excluding carboxylic acids is 1. The lowest BCUT2D eigenvalue weighted by atomic mass is 10.2. The van der Waals surface area contributed by atoms with Crippen molar-refractivity contribution in [2.24, 2.45) is 0 Å². The van der Waals surface area contributed by atoms with Gasteiger partial charge in [-0.25, -0.2) is 4.79 Å². The van der Waals surface area contributed by atoms with Crippen molar-refractivity contribution in [2.45, 2.75) is 32.3 Å². The molecular weight excluding hydrogens is 340 g/mol. The Kier molecular flexibility index (Phi) is 10.5. The highest BCUT2D eigenvalue weighted by atomic mass is 16.5. The van der Waals surface area contributed by atoms with E-state index in [1.807, 2.05) is 35.2 Å². The predicted molar refractivity (Wildman–Crippen MR) is 94.8 cm³/mol. The number of hydrogen-bond donors (Lipinski definition) is 3. The van der Waals surface area contributed by atoms with Crippen LogP contribution in [-0.2, 0) is 20.9 Å². The number of hydrogen-bond acceptors (Lipinski definition) is 5. The van der Waals surface area contributed by atoms with Crippen LogP contribution < -0.4 is 5.32 Å². The number of benzene rings is 1. The summed E-state index contributed by atoms with van der Waals surface area (Å²) in [5.41, 5.74) is 0.895. The minimum Gasteiger partial charge on any atom is -0.481 e. The van der Waals surface area contributed by atoms with E-state index in [4.69, 9.17) is 14.9 Å². The van der Waals surface area contributed by atoms with Crippen LogP contribution >= 0.6 is 0 Å². The van der Waals surface area contributed by atoms with Gasteiger partial charge in [0, 0.05) is 25.9 Å². The maximum atomic E-state index is 11.7. The van der Waals surface area contributed by atoms with Crippen LogP contribution in [0, 0.1) is 0 Å². The zero-order valence-corrected chi connectivity index (χ0v) is 14.7. The lowest BCUT2D eigenvalue weighted by Gasteiger charge is -2.21. The average molecular weight is 366 g/mol. The summed E-state index contributed by atoms with van der Waals surface area (Å²) in [6.45, 7) is 2.10. The molecule has 0 heterocycles. The Morgan fingerprint density at radius 2 is 1.50 bits per heavy atom. The highest BCUT2D eigenvalue weighted by Gasteiger charge is 2.09. The van der Waals surface area contributed by atoms with Crippen molar-refractivity contribution in [3.8, 4) is 0 Å². The third-order valence-electron chi connectivity index (χ3n) is 3.64. The Hall–Kier alpha value is -2.61. The Bertz CT molecular complexity index is 544. The Morgan fingerprint density at radius 1 is 0.923 bits per heavy atom. The maximum absolute atomic E-state index is 11.7. The number of nitrogens with zero attached hydrogens (tertiary/aromatic N) is 1. The number of carboxylic acids is 2. The first-order valence-corrected chi connectivity index (χ1v) is 8.58. The van der Waals surface area contributed by atoms with Crippen molar-refractivity contribution in [1.82, 2.24) is 10.2 Å². The summed E-state index contributed by atoms with van der Waals surface area (Å²) in [5.74, 6) is -1.73. The van der Waals surface area contributed by atoms with Gasteiger partial charge in [0.05, 0.1) is 0 Å². The molecular formula is C18H26N2O6. The second kappa shape index (κ2) is 12.7. The van der Waals surface area contributed by atoms with E-state index in [2.05, 4.69) is 5.32 Å². The molecule has 1 amide bonds. The fourth-order valence-corrected chi connectivity index (χ4v) is 2.33. The Morgan fingerprint density at radius 3 is 2.04 bits per heavy atom. The lowest BCUT2D eigenvalue weighted by Crippen LogP contribution is -2.36. The fourth-order valence-electron chi connectivity index (χ4n) is 2.33. The second-order valence-corrected chi connectivity index (χ2v) is 5.82. The van der Waals surface area contributed by atoms with Crippen LogP contribution in [0.3, 0.4) is 0 Å². The lowest BCUT2D eigenvalue weighted by molar-refractivity contribution is -0.138. The monoisotopic (exact) mass is 366 g/mol. The highest BCUT2D eigenvalue weighted by molar-refractivity contribution is 5.67. The third-order valence-corrected chi connectivity index (χ3v) is 3.64. The van der Waals surface area contributed by atoms with E-state index in [1.54, 1.807) is 0 Å². The van der Waals surface area contributed by atoms with E-state index in [0.717, 1.165) is 5.56 Å². The molecule has 0 aliphatic carbocycles. The number of alkyl carbamates (subject to hydrolysis) is 1. The van der Waals surface area contributed by atoms with Gasteiger partial charge in [-0.15, -0.1) is 0 Å². The molecule has 0 aliphatic rings. The summed E-state index contributed by atoms with van der Waals surface area (Å²) in [6, 6.07) is 9.33. The molecule has 26 heavy (non-hydrogen) atoms. The van der Waals surface area contributed by atoms with Crippen LogP contribution in [0.4, 0.5) is 4.79 Å². The SMILES string of the molecule is O=C(O)CCCN(CCCC(=O)O)CCNC(=O)OCc1ccccc1. The molecule has 0 aromatic heterocycles. The van der Waals surface area contributed by atoms with Gasteiger partial charge in [0.2, 0.25) is 0 Å². The van der Waals surface area contributed by atoms with Crippen LogP contribution in [0.1, 0.15) is 31.2 Å². The molecule has 0 aliphatic heterocycles. The third kappa shape index (κ3) is 11.0. The van der Waals surface area contributed by atoms with E-state index in [9.17, 15) is 14.4 Å². The molecule has 0 bridgehead atoms. The van der Waals surface area contributed by atoms with Gasteiger partial charge >= 0.3 is 18.0 Å². The summed E-state index contributed by atoms with van der Waals surface area (Å²) in [7, 11) is 0. The van der Waals surface area contributed by atoms with Gasteiger partial charge in [-0.1, -0.05) is 30.3 Å². The number of aliphatic carboxylic acids is 2. The molecule has 144 valence electrons. The molecule has 1 rings (SSSR count). The normalized spacial score (nSPS) is 10.5. The molecule has 0 radical (unpaired) electrons. The van der Waals surface area contributed by atoms with E-state index in [0.29, 0.717) is 39.0 Å². The summed E-state index contributed by atoms with van der Waals surface area (Å²) in [4.78, 5) is 34.9. The minimum absolute atomic E-state index is 0.0575. The first-order chi connectivity index (χ1) is 12.5. The zero-order chi connectivity index (χ0) is 19.2. The van der Waals surface area contributed by atoms with E-state index in [-0.39, 0.29) is 19.4 Å². The van der Waals surface area contributed by atoms with Crippen LogP contribution in [0.5, 0.6) is 0 Å². The van der Waals surface area contributed by atoms with E-state index in [1.165, 1.54) is 0 Å². The first-order valence-electron chi connectivity index (χ1n) is 8.58. The van der Waals surface area contributed by atoms with Crippen molar-refractivity contribution in [3.63, 3.8) is 0 Å². The molecule has 1 aromatic carbocycles. The summed E-state index contributed by atoms with van der Waals surface area (Å²) in [5, 5.41) is 20.1. The molecule has 0 unspecified atom stereocenters.